The SMILES string of the molecule is CNCC1CCN(C)C1c1cncn1C(C)C. The second-order valence-electron chi connectivity index (χ2n) is 5.35. The summed E-state index contributed by atoms with van der Waals surface area (Å²) in [5.41, 5.74) is 1.36. The molecule has 0 saturated carbocycles. The van der Waals surface area contributed by atoms with Crippen LogP contribution >= 0.6 is 0 Å². The van der Waals surface area contributed by atoms with Crippen molar-refractivity contribution in [3.05, 3.63) is 18.2 Å². The van der Waals surface area contributed by atoms with E-state index in [-0.39, 0.29) is 0 Å². The molecule has 1 N–H and O–H groups in total. The monoisotopic (exact) mass is 236 g/mol. The van der Waals surface area contributed by atoms with Crippen LogP contribution in [-0.4, -0.2) is 41.6 Å². The first kappa shape index (κ1) is 12.6. The number of imidazole rings is 1. The van der Waals surface area contributed by atoms with E-state index in [1.54, 1.807) is 0 Å². The van der Waals surface area contributed by atoms with E-state index in [0.717, 1.165) is 6.54 Å². The maximum absolute atomic E-state index is 4.33. The van der Waals surface area contributed by atoms with Gasteiger partial charge in [-0.1, -0.05) is 0 Å². The molecule has 2 unspecified atom stereocenters. The summed E-state index contributed by atoms with van der Waals surface area (Å²) in [6.07, 6.45) is 5.27. The van der Waals surface area contributed by atoms with Crippen molar-refractivity contribution in [1.29, 1.82) is 0 Å². The molecule has 0 spiro atoms. The summed E-state index contributed by atoms with van der Waals surface area (Å²) < 4.78 is 2.30. The molecule has 0 aliphatic carbocycles. The third-order valence-electron chi connectivity index (χ3n) is 3.80. The molecule has 1 fully saturated rings. The van der Waals surface area contributed by atoms with Gasteiger partial charge in [-0.15, -0.1) is 0 Å². The molecule has 0 amide bonds. The van der Waals surface area contributed by atoms with E-state index in [9.17, 15) is 0 Å². The Hall–Kier alpha value is -0.870. The molecule has 0 bridgehead atoms. The summed E-state index contributed by atoms with van der Waals surface area (Å²) in [6.45, 7) is 6.69. The minimum Gasteiger partial charge on any atom is -0.331 e. The van der Waals surface area contributed by atoms with Crippen LogP contribution < -0.4 is 5.32 Å². The van der Waals surface area contributed by atoms with Gasteiger partial charge < -0.3 is 9.88 Å². The van der Waals surface area contributed by atoms with Gasteiger partial charge in [-0.25, -0.2) is 4.98 Å². The summed E-state index contributed by atoms with van der Waals surface area (Å²) in [5, 5.41) is 3.31. The zero-order valence-electron chi connectivity index (χ0n) is 11.3. The van der Waals surface area contributed by atoms with Gasteiger partial charge in [-0.05, 0) is 53.4 Å². The van der Waals surface area contributed by atoms with Crippen LogP contribution in [0, 0.1) is 5.92 Å². The summed E-state index contributed by atoms with van der Waals surface area (Å²) >= 11 is 0. The number of likely N-dealkylation sites (tertiary alicyclic amines) is 1. The molecule has 2 heterocycles. The van der Waals surface area contributed by atoms with E-state index in [1.807, 2.05) is 19.6 Å². The third kappa shape index (κ3) is 2.38. The predicted octanol–water partition coefficient (Wildman–Crippen LogP) is 1.68. The van der Waals surface area contributed by atoms with E-state index < -0.39 is 0 Å². The first-order valence-electron chi connectivity index (χ1n) is 6.51. The third-order valence-corrected chi connectivity index (χ3v) is 3.80. The van der Waals surface area contributed by atoms with Gasteiger partial charge in [0, 0.05) is 12.2 Å². The molecule has 4 nitrogen and oxygen atoms in total. The lowest BCUT2D eigenvalue weighted by Gasteiger charge is -2.27. The molecule has 1 aliphatic rings. The van der Waals surface area contributed by atoms with Crippen LogP contribution in [0.5, 0.6) is 0 Å². The fourth-order valence-corrected chi connectivity index (χ4v) is 2.94. The topological polar surface area (TPSA) is 33.1 Å². The highest BCUT2D eigenvalue weighted by Gasteiger charge is 2.34. The Kier molecular flexibility index (Phi) is 3.84. The number of rotatable bonds is 4. The number of nitrogens with zero attached hydrogens (tertiary/aromatic N) is 3. The molecular formula is C13H24N4. The van der Waals surface area contributed by atoms with Gasteiger partial charge in [0.25, 0.3) is 0 Å². The smallest absolute Gasteiger partial charge is 0.0951 e. The van der Waals surface area contributed by atoms with Gasteiger partial charge in [0.15, 0.2) is 0 Å². The largest absolute Gasteiger partial charge is 0.331 e. The molecule has 1 aliphatic heterocycles. The molecule has 1 aromatic rings. The Bertz CT molecular complexity index is 356. The molecule has 1 aromatic heterocycles. The summed E-state index contributed by atoms with van der Waals surface area (Å²) in [5.74, 6) is 0.694. The molecular weight excluding hydrogens is 212 g/mol. The first-order valence-corrected chi connectivity index (χ1v) is 6.51. The summed E-state index contributed by atoms with van der Waals surface area (Å²) in [4.78, 5) is 6.79. The van der Waals surface area contributed by atoms with Crippen LogP contribution in [0.2, 0.25) is 0 Å². The minimum absolute atomic E-state index is 0.483. The van der Waals surface area contributed by atoms with Gasteiger partial charge >= 0.3 is 0 Å². The minimum atomic E-state index is 0.483. The molecule has 2 atom stereocenters. The number of hydrogen-bond donors (Lipinski definition) is 1. The standard InChI is InChI=1S/C13H24N4/c1-10(2)17-9-15-8-12(17)13-11(7-14-3)5-6-16(13)4/h8-11,13-14H,5-7H2,1-4H3. The Morgan fingerprint density at radius 2 is 2.29 bits per heavy atom. The van der Waals surface area contributed by atoms with Gasteiger partial charge in [0.05, 0.1) is 18.1 Å². The molecule has 17 heavy (non-hydrogen) atoms. The average Bonchev–Trinajstić information content (AvgIpc) is 2.85. The van der Waals surface area contributed by atoms with Crippen LogP contribution in [0.4, 0.5) is 0 Å². The zero-order valence-corrected chi connectivity index (χ0v) is 11.3. The Balaban J connectivity index is 2.26. The van der Waals surface area contributed by atoms with Crippen molar-refractivity contribution in [1.82, 2.24) is 19.8 Å². The Morgan fingerprint density at radius 1 is 1.53 bits per heavy atom. The van der Waals surface area contributed by atoms with Crippen molar-refractivity contribution in [3.8, 4) is 0 Å². The number of aromatic nitrogens is 2. The van der Waals surface area contributed by atoms with E-state index in [0.29, 0.717) is 18.0 Å². The number of hydrogen-bond acceptors (Lipinski definition) is 3. The van der Waals surface area contributed by atoms with Crippen molar-refractivity contribution in [2.75, 3.05) is 27.2 Å². The molecule has 1 saturated heterocycles. The predicted molar refractivity (Wildman–Crippen MR) is 70.0 cm³/mol. The normalized spacial score (nSPS) is 25.9. The lowest BCUT2D eigenvalue weighted by Crippen LogP contribution is -2.28. The maximum Gasteiger partial charge on any atom is 0.0951 e. The highest BCUT2D eigenvalue weighted by Crippen LogP contribution is 2.36. The first-order chi connectivity index (χ1) is 8.15. The van der Waals surface area contributed by atoms with Crippen LogP contribution in [0.15, 0.2) is 12.5 Å². The van der Waals surface area contributed by atoms with Crippen molar-refractivity contribution in [2.45, 2.75) is 32.4 Å². The zero-order chi connectivity index (χ0) is 12.4. The number of nitrogens with one attached hydrogen (secondary N) is 1. The molecule has 0 radical (unpaired) electrons. The second kappa shape index (κ2) is 5.19. The second-order valence-corrected chi connectivity index (χ2v) is 5.35. The molecule has 2 rings (SSSR count). The maximum atomic E-state index is 4.33. The van der Waals surface area contributed by atoms with Crippen molar-refractivity contribution < 1.29 is 0 Å². The highest BCUT2D eigenvalue weighted by atomic mass is 15.2. The molecule has 4 heteroatoms. The summed E-state index contributed by atoms with van der Waals surface area (Å²) in [6, 6.07) is 0.990. The Morgan fingerprint density at radius 3 is 2.94 bits per heavy atom. The van der Waals surface area contributed by atoms with Gasteiger partial charge in [-0.2, -0.15) is 0 Å². The van der Waals surface area contributed by atoms with Crippen molar-refractivity contribution in [2.24, 2.45) is 5.92 Å². The van der Waals surface area contributed by atoms with Crippen LogP contribution in [0.3, 0.4) is 0 Å². The van der Waals surface area contributed by atoms with E-state index >= 15 is 0 Å². The average molecular weight is 236 g/mol. The fraction of sp³-hybridized carbons (Fsp3) is 0.769. The molecule has 0 aromatic carbocycles. The van der Waals surface area contributed by atoms with Crippen molar-refractivity contribution >= 4 is 0 Å². The molecule has 96 valence electrons. The quantitative estimate of drug-likeness (QED) is 0.863. The lowest BCUT2D eigenvalue weighted by atomic mass is 9.97. The fourth-order valence-electron chi connectivity index (χ4n) is 2.94. The summed E-state index contributed by atoms with van der Waals surface area (Å²) in [7, 11) is 4.26. The van der Waals surface area contributed by atoms with E-state index in [4.69, 9.17) is 0 Å². The van der Waals surface area contributed by atoms with Crippen LogP contribution in [0.1, 0.15) is 38.0 Å². The van der Waals surface area contributed by atoms with Crippen molar-refractivity contribution in [3.63, 3.8) is 0 Å². The lowest BCUT2D eigenvalue weighted by molar-refractivity contribution is 0.259. The van der Waals surface area contributed by atoms with E-state index in [1.165, 1.54) is 18.7 Å². The van der Waals surface area contributed by atoms with Gasteiger partial charge in [-0.3, -0.25) is 4.90 Å². The van der Waals surface area contributed by atoms with Gasteiger partial charge in [0.2, 0.25) is 0 Å². The van der Waals surface area contributed by atoms with Crippen LogP contribution in [-0.2, 0) is 0 Å². The van der Waals surface area contributed by atoms with Gasteiger partial charge in [0.1, 0.15) is 0 Å². The van der Waals surface area contributed by atoms with E-state index in [2.05, 4.69) is 40.7 Å². The Labute approximate surface area is 104 Å². The van der Waals surface area contributed by atoms with Crippen LogP contribution in [0.25, 0.3) is 0 Å². The highest BCUT2D eigenvalue weighted by molar-refractivity contribution is 5.11.